The minimum atomic E-state index is -0.668. The third-order valence-electron chi connectivity index (χ3n) is 2.79. The molecular weight excluding hydrogens is 278 g/mol. The predicted molar refractivity (Wildman–Crippen MR) is 73.0 cm³/mol. The molecule has 0 fully saturated rings. The number of hydrogen-bond donors (Lipinski definition) is 1. The molecule has 2 aromatic rings. The minimum Gasteiger partial charge on any atom is -0.467 e. The van der Waals surface area contributed by atoms with Gasteiger partial charge in [0.1, 0.15) is 5.76 Å². The molecule has 0 bridgehead atoms. The zero-order valence-electron chi connectivity index (χ0n) is 11.4. The number of furan rings is 1. The molecule has 0 amide bonds. The molecule has 0 saturated carbocycles. The number of anilines is 1. The summed E-state index contributed by atoms with van der Waals surface area (Å²) >= 11 is 0. The molecule has 0 aromatic carbocycles. The van der Waals surface area contributed by atoms with Gasteiger partial charge in [0, 0.05) is 6.07 Å². The van der Waals surface area contributed by atoms with Crippen LogP contribution >= 0.6 is 0 Å². The molecule has 21 heavy (non-hydrogen) atoms. The van der Waals surface area contributed by atoms with Crippen molar-refractivity contribution in [2.45, 2.75) is 13.0 Å². The van der Waals surface area contributed by atoms with Crippen LogP contribution in [0.4, 0.5) is 11.5 Å². The molecule has 110 valence electrons. The van der Waals surface area contributed by atoms with Gasteiger partial charge in [0.2, 0.25) is 5.82 Å². The van der Waals surface area contributed by atoms with E-state index in [-0.39, 0.29) is 23.2 Å². The Morgan fingerprint density at radius 1 is 1.48 bits per heavy atom. The van der Waals surface area contributed by atoms with Crippen molar-refractivity contribution < 1.29 is 18.9 Å². The van der Waals surface area contributed by atoms with E-state index in [4.69, 9.17) is 4.42 Å². The van der Waals surface area contributed by atoms with Gasteiger partial charge in [-0.2, -0.15) is 0 Å². The highest BCUT2D eigenvalue weighted by Gasteiger charge is 2.21. The standard InChI is InChI=1S/C13H13N3O5/c1-8(11-4-3-7-21-11)14-12-10(16(18)19)6-5-9(15-12)13(17)20-2/h3-8H,1-2H3,(H,14,15). The molecule has 1 unspecified atom stereocenters. The third kappa shape index (κ3) is 3.16. The van der Waals surface area contributed by atoms with E-state index in [9.17, 15) is 14.9 Å². The molecule has 1 atom stereocenters. The van der Waals surface area contributed by atoms with Crippen molar-refractivity contribution in [1.82, 2.24) is 4.98 Å². The second-order valence-corrected chi connectivity index (χ2v) is 4.19. The van der Waals surface area contributed by atoms with Crippen LogP contribution in [0.25, 0.3) is 0 Å². The number of esters is 1. The van der Waals surface area contributed by atoms with Crippen LogP contribution in [0.3, 0.4) is 0 Å². The van der Waals surface area contributed by atoms with Crippen LogP contribution in [0.5, 0.6) is 0 Å². The van der Waals surface area contributed by atoms with Crippen molar-refractivity contribution in [1.29, 1.82) is 0 Å². The fraction of sp³-hybridized carbons (Fsp3) is 0.231. The maximum Gasteiger partial charge on any atom is 0.356 e. The molecule has 0 radical (unpaired) electrons. The van der Waals surface area contributed by atoms with Crippen molar-refractivity contribution >= 4 is 17.5 Å². The Hall–Kier alpha value is -2.90. The number of nitrogens with one attached hydrogen (secondary N) is 1. The third-order valence-corrected chi connectivity index (χ3v) is 2.79. The summed E-state index contributed by atoms with van der Waals surface area (Å²) in [5, 5.41) is 13.9. The highest BCUT2D eigenvalue weighted by Crippen LogP contribution is 2.26. The van der Waals surface area contributed by atoms with Gasteiger partial charge in [-0.1, -0.05) is 0 Å². The van der Waals surface area contributed by atoms with Crippen molar-refractivity contribution in [2.75, 3.05) is 12.4 Å². The lowest BCUT2D eigenvalue weighted by molar-refractivity contribution is -0.384. The first-order chi connectivity index (χ1) is 10.0. The SMILES string of the molecule is COC(=O)c1ccc([N+](=O)[O-])c(NC(C)c2ccco2)n1. The number of aromatic nitrogens is 1. The largest absolute Gasteiger partial charge is 0.467 e. The highest BCUT2D eigenvalue weighted by atomic mass is 16.6. The first kappa shape index (κ1) is 14.5. The number of ether oxygens (including phenoxy) is 1. The zero-order valence-corrected chi connectivity index (χ0v) is 11.4. The number of hydrogen-bond acceptors (Lipinski definition) is 7. The lowest BCUT2D eigenvalue weighted by atomic mass is 10.2. The van der Waals surface area contributed by atoms with Gasteiger partial charge in [-0.3, -0.25) is 10.1 Å². The van der Waals surface area contributed by atoms with Crippen LogP contribution in [0, 0.1) is 10.1 Å². The fourth-order valence-corrected chi connectivity index (χ4v) is 1.74. The van der Waals surface area contributed by atoms with Gasteiger partial charge in [-0.25, -0.2) is 9.78 Å². The maximum atomic E-state index is 11.5. The van der Waals surface area contributed by atoms with Gasteiger partial charge in [-0.05, 0) is 25.1 Å². The van der Waals surface area contributed by atoms with E-state index >= 15 is 0 Å². The van der Waals surface area contributed by atoms with Crippen molar-refractivity contribution in [3.8, 4) is 0 Å². The zero-order chi connectivity index (χ0) is 15.4. The summed E-state index contributed by atoms with van der Waals surface area (Å²) in [5.41, 5.74) is -0.252. The van der Waals surface area contributed by atoms with E-state index in [1.165, 1.54) is 25.5 Å². The molecule has 0 aliphatic heterocycles. The minimum absolute atomic E-state index is 0.0164. The molecule has 0 spiro atoms. The lowest BCUT2D eigenvalue weighted by Gasteiger charge is -2.12. The maximum absolute atomic E-state index is 11.5. The number of rotatable bonds is 5. The summed E-state index contributed by atoms with van der Waals surface area (Å²) in [7, 11) is 1.21. The van der Waals surface area contributed by atoms with E-state index in [2.05, 4.69) is 15.0 Å². The summed E-state index contributed by atoms with van der Waals surface area (Å²) < 4.78 is 9.77. The average molecular weight is 291 g/mol. The smallest absolute Gasteiger partial charge is 0.356 e. The molecule has 0 saturated heterocycles. The van der Waals surface area contributed by atoms with Gasteiger partial charge in [-0.15, -0.1) is 0 Å². The van der Waals surface area contributed by atoms with Crippen molar-refractivity contribution in [3.05, 3.63) is 52.1 Å². The summed E-state index contributed by atoms with van der Waals surface area (Å²) in [6.45, 7) is 1.76. The van der Waals surface area contributed by atoms with Crippen LogP contribution in [0.1, 0.15) is 29.2 Å². The molecule has 0 aliphatic rings. The predicted octanol–water partition coefficient (Wildman–Crippen LogP) is 2.54. The Kier molecular flexibility index (Phi) is 4.17. The van der Waals surface area contributed by atoms with E-state index < -0.39 is 10.9 Å². The molecule has 0 aliphatic carbocycles. The number of carbonyl (C=O) groups excluding carboxylic acids is 1. The Labute approximate surface area is 119 Å². The van der Waals surface area contributed by atoms with Gasteiger partial charge < -0.3 is 14.5 Å². The molecule has 8 nitrogen and oxygen atoms in total. The summed E-state index contributed by atoms with van der Waals surface area (Å²) in [4.78, 5) is 25.9. The average Bonchev–Trinajstić information content (AvgIpc) is 3.00. The van der Waals surface area contributed by atoms with Gasteiger partial charge in [0.05, 0.1) is 24.3 Å². The summed E-state index contributed by atoms with van der Waals surface area (Å²) in [5.74, 6) is -0.0973. The van der Waals surface area contributed by atoms with E-state index in [1.807, 2.05) is 0 Å². The Bertz CT molecular complexity index is 654. The number of methoxy groups -OCH3 is 1. The van der Waals surface area contributed by atoms with E-state index in [1.54, 1.807) is 19.1 Å². The van der Waals surface area contributed by atoms with Crippen LogP contribution in [0.15, 0.2) is 34.9 Å². The molecule has 2 aromatic heterocycles. The Morgan fingerprint density at radius 2 is 2.24 bits per heavy atom. The number of pyridine rings is 1. The summed E-state index contributed by atoms with van der Waals surface area (Å²) in [6, 6.07) is 5.54. The van der Waals surface area contributed by atoms with Crippen molar-refractivity contribution in [2.24, 2.45) is 0 Å². The Balaban J connectivity index is 2.34. The number of nitrogens with zero attached hydrogens (tertiary/aromatic N) is 2. The normalized spacial score (nSPS) is 11.7. The van der Waals surface area contributed by atoms with E-state index in [0.717, 1.165) is 0 Å². The molecule has 8 heteroatoms. The van der Waals surface area contributed by atoms with Gasteiger partial charge in [0.15, 0.2) is 5.69 Å². The van der Waals surface area contributed by atoms with Crippen LogP contribution in [0.2, 0.25) is 0 Å². The lowest BCUT2D eigenvalue weighted by Crippen LogP contribution is -2.12. The van der Waals surface area contributed by atoms with Crippen LogP contribution < -0.4 is 5.32 Å². The van der Waals surface area contributed by atoms with Crippen molar-refractivity contribution in [3.63, 3.8) is 0 Å². The van der Waals surface area contributed by atoms with Gasteiger partial charge >= 0.3 is 11.7 Å². The fourth-order valence-electron chi connectivity index (χ4n) is 1.74. The van der Waals surface area contributed by atoms with E-state index in [0.29, 0.717) is 5.76 Å². The number of nitro groups is 1. The second kappa shape index (κ2) is 6.04. The first-order valence-corrected chi connectivity index (χ1v) is 6.06. The molecule has 2 heterocycles. The molecular formula is C13H13N3O5. The highest BCUT2D eigenvalue weighted by molar-refractivity contribution is 5.88. The topological polar surface area (TPSA) is 108 Å². The molecule has 1 N–H and O–H groups in total. The van der Waals surface area contributed by atoms with Crippen LogP contribution in [-0.4, -0.2) is 23.0 Å². The van der Waals surface area contributed by atoms with Crippen LogP contribution in [-0.2, 0) is 4.74 Å². The Morgan fingerprint density at radius 3 is 2.81 bits per heavy atom. The van der Waals surface area contributed by atoms with Gasteiger partial charge in [0.25, 0.3) is 0 Å². The number of carbonyl (C=O) groups is 1. The quantitative estimate of drug-likeness (QED) is 0.512. The first-order valence-electron chi connectivity index (χ1n) is 6.06. The summed E-state index contributed by atoms with van der Waals surface area (Å²) in [6.07, 6.45) is 1.50. The monoisotopic (exact) mass is 291 g/mol. The molecule has 2 rings (SSSR count). The second-order valence-electron chi connectivity index (χ2n) is 4.19.